The van der Waals surface area contributed by atoms with Crippen LogP contribution in [0.4, 0.5) is 21.9 Å². The zero-order valence-electron chi connectivity index (χ0n) is 18.8. The fraction of sp³-hybridized carbons (Fsp3) is 0.192. The predicted octanol–water partition coefficient (Wildman–Crippen LogP) is 5.25. The number of hydrogen-bond acceptors (Lipinski definition) is 6. The van der Waals surface area contributed by atoms with Crippen molar-refractivity contribution in [1.82, 2.24) is 15.6 Å². The minimum Gasteiger partial charge on any atom is -0.457 e. The van der Waals surface area contributed by atoms with Gasteiger partial charge in [-0.25, -0.2) is 9.78 Å². The van der Waals surface area contributed by atoms with Crippen LogP contribution in [0, 0.1) is 0 Å². The standard InChI is InChI=1S/C26H23N5O3S/c32-24(29-16-5-4-13-27-15-16)23-22-21-20(12-14-28-25(21)35-23)31(26(33)30-22)17-8-10-19(11-9-17)34-18-6-2-1-3-7-18/h1-3,6-12,14,16,27H,4-5,13,15H2,(H,29,32)(H,30,33). The number of carbonyl (C=O) groups is 2. The number of hydrogen-bond donors (Lipinski definition) is 3. The molecular formula is C26H23N5O3S. The van der Waals surface area contributed by atoms with E-state index in [0.717, 1.165) is 37.1 Å². The Hall–Kier alpha value is -3.95. The number of anilines is 3. The first-order valence-corrected chi connectivity index (χ1v) is 12.4. The van der Waals surface area contributed by atoms with Gasteiger partial charge in [0.2, 0.25) is 0 Å². The Morgan fingerprint density at radius 1 is 1.09 bits per heavy atom. The number of thiophene rings is 1. The monoisotopic (exact) mass is 485 g/mol. The molecule has 0 saturated carbocycles. The molecule has 2 aliphatic rings. The number of carbonyl (C=O) groups excluding carboxylic acids is 2. The van der Waals surface area contributed by atoms with Crippen LogP contribution in [0.2, 0.25) is 0 Å². The number of para-hydroxylation sites is 1. The first-order chi connectivity index (χ1) is 17.2. The quantitative estimate of drug-likeness (QED) is 0.359. The predicted molar refractivity (Wildman–Crippen MR) is 137 cm³/mol. The van der Waals surface area contributed by atoms with Crippen molar-refractivity contribution in [3.8, 4) is 11.5 Å². The molecule has 35 heavy (non-hydrogen) atoms. The van der Waals surface area contributed by atoms with Gasteiger partial charge in [-0.1, -0.05) is 18.2 Å². The van der Waals surface area contributed by atoms with Crippen LogP contribution in [0.25, 0.3) is 10.2 Å². The first kappa shape index (κ1) is 21.6. The number of aromatic nitrogens is 1. The van der Waals surface area contributed by atoms with Crippen molar-refractivity contribution in [3.05, 3.63) is 71.7 Å². The fourth-order valence-corrected chi connectivity index (χ4v) is 5.54. The molecule has 0 spiro atoms. The van der Waals surface area contributed by atoms with Gasteiger partial charge < -0.3 is 20.7 Å². The zero-order valence-corrected chi connectivity index (χ0v) is 19.6. The Labute approximate surface area is 205 Å². The maximum atomic E-state index is 13.3. The molecule has 176 valence electrons. The van der Waals surface area contributed by atoms with E-state index in [9.17, 15) is 9.59 Å². The number of rotatable bonds is 5. The number of pyridine rings is 1. The van der Waals surface area contributed by atoms with Crippen molar-refractivity contribution >= 4 is 50.6 Å². The molecule has 1 saturated heterocycles. The molecule has 2 aliphatic heterocycles. The van der Waals surface area contributed by atoms with Crippen molar-refractivity contribution in [2.45, 2.75) is 18.9 Å². The molecule has 0 aliphatic carbocycles. The summed E-state index contributed by atoms with van der Waals surface area (Å²) in [6, 6.07) is 18.4. The third-order valence-electron chi connectivity index (χ3n) is 6.16. The maximum absolute atomic E-state index is 13.3. The molecule has 3 amide bonds. The third kappa shape index (κ3) is 4.09. The Kier molecular flexibility index (Phi) is 5.55. The van der Waals surface area contributed by atoms with E-state index in [1.165, 1.54) is 11.3 Å². The highest BCUT2D eigenvalue weighted by molar-refractivity contribution is 7.21. The van der Waals surface area contributed by atoms with Crippen molar-refractivity contribution in [1.29, 1.82) is 0 Å². The molecule has 0 bridgehead atoms. The Balaban J connectivity index is 1.31. The summed E-state index contributed by atoms with van der Waals surface area (Å²) in [6.45, 7) is 1.72. The van der Waals surface area contributed by atoms with E-state index in [2.05, 4.69) is 20.9 Å². The van der Waals surface area contributed by atoms with E-state index in [1.807, 2.05) is 54.6 Å². The van der Waals surface area contributed by atoms with Gasteiger partial charge in [0.25, 0.3) is 5.91 Å². The number of urea groups is 1. The highest BCUT2D eigenvalue weighted by Crippen LogP contribution is 2.45. The average Bonchev–Trinajstić information content (AvgIpc) is 3.26. The lowest BCUT2D eigenvalue weighted by Gasteiger charge is -2.28. The Morgan fingerprint density at radius 3 is 2.66 bits per heavy atom. The van der Waals surface area contributed by atoms with Gasteiger partial charge >= 0.3 is 6.03 Å². The normalized spacial score (nSPS) is 17.2. The van der Waals surface area contributed by atoms with E-state index in [0.29, 0.717) is 32.5 Å². The molecule has 0 radical (unpaired) electrons. The summed E-state index contributed by atoms with van der Waals surface area (Å²) in [7, 11) is 0. The zero-order chi connectivity index (χ0) is 23.8. The van der Waals surface area contributed by atoms with Gasteiger partial charge in [0.1, 0.15) is 21.2 Å². The van der Waals surface area contributed by atoms with Crippen LogP contribution in [-0.2, 0) is 0 Å². The lowest BCUT2D eigenvalue weighted by molar-refractivity contribution is 0.0935. The minimum absolute atomic E-state index is 0.0773. The lowest BCUT2D eigenvalue weighted by atomic mass is 10.1. The molecule has 1 unspecified atom stereocenters. The molecule has 8 nitrogen and oxygen atoms in total. The van der Waals surface area contributed by atoms with Gasteiger partial charge in [-0.15, -0.1) is 11.3 Å². The van der Waals surface area contributed by atoms with Gasteiger partial charge in [0, 0.05) is 18.8 Å². The van der Waals surface area contributed by atoms with Gasteiger partial charge in [0.05, 0.1) is 22.4 Å². The summed E-state index contributed by atoms with van der Waals surface area (Å²) >= 11 is 1.30. The van der Waals surface area contributed by atoms with Crippen LogP contribution in [0.5, 0.6) is 11.5 Å². The molecule has 2 aromatic carbocycles. The second kappa shape index (κ2) is 9.01. The third-order valence-corrected chi connectivity index (χ3v) is 7.25. The summed E-state index contributed by atoms with van der Waals surface area (Å²) in [5.41, 5.74) is 1.91. The summed E-state index contributed by atoms with van der Waals surface area (Å²) in [5.74, 6) is 1.23. The van der Waals surface area contributed by atoms with E-state index in [1.54, 1.807) is 17.2 Å². The average molecular weight is 486 g/mol. The number of piperidine rings is 1. The molecule has 1 atom stereocenters. The SMILES string of the molecule is O=C(NC1CCCNC1)c1sc2nccc3c2c1NC(=O)N3c1ccc(Oc2ccccc2)cc1. The molecule has 2 aromatic heterocycles. The van der Waals surface area contributed by atoms with Crippen molar-refractivity contribution in [2.24, 2.45) is 0 Å². The van der Waals surface area contributed by atoms with Gasteiger partial charge in [-0.05, 0) is 61.9 Å². The molecule has 4 heterocycles. The molecule has 6 rings (SSSR count). The molecule has 3 N–H and O–H groups in total. The molecule has 4 aromatic rings. The summed E-state index contributed by atoms with van der Waals surface area (Å²) in [6.07, 6.45) is 3.63. The highest BCUT2D eigenvalue weighted by atomic mass is 32.1. The van der Waals surface area contributed by atoms with E-state index in [-0.39, 0.29) is 18.0 Å². The van der Waals surface area contributed by atoms with Crippen LogP contribution < -0.4 is 25.6 Å². The lowest BCUT2D eigenvalue weighted by Crippen LogP contribution is -2.45. The van der Waals surface area contributed by atoms with Crippen molar-refractivity contribution < 1.29 is 14.3 Å². The van der Waals surface area contributed by atoms with Crippen LogP contribution in [0.15, 0.2) is 66.9 Å². The maximum Gasteiger partial charge on any atom is 0.331 e. The largest absolute Gasteiger partial charge is 0.457 e. The van der Waals surface area contributed by atoms with E-state index < -0.39 is 0 Å². The second-order valence-corrected chi connectivity index (χ2v) is 9.51. The van der Waals surface area contributed by atoms with E-state index in [4.69, 9.17) is 4.74 Å². The van der Waals surface area contributed by atoms with Crippen LogP contribution in [0.1, 0.15) is 22.5 Å². The van der Waals surface area contributed by atoms with Crippen LogP contribution >= 0.6 is 11.3 Å². The Morgan fingerprint density at radius 2 is 1.89 bits per heavy atom. The second-order valence-electron chi connectivity index (χ2n) is 8.51. The van der Waals surface area contributed by atoms with Crippen LogP contribution in [-0.4, -0.2) is 36.1 Å². The van der Waals surface area contributed by atoms with Crippen molar-refractivity contribution in [2.75, 3.05) is 23.3 Å². The molecule has 9 heteroatoms. The number of nitrogens with one attached hydrogen (secondary N) is 3. The van der Waals surface area contributed by atoms with Crippen LogP contribution in [0.3, 0.4) is 0 Å². The first-order valence-electron chi connectivity index (χ1n) is 11.5. The fourth-order valence-electron chi connectivity index (χ4n) is 4.51. The summed E-state index contributed by atoms with van der Waals surface area (Å²) < 4.78 is 5.88. The molecule has 1 fully saturated rings. The Bertz CT molecular complexity index is 1400. The molecular weight excluding hydrogens is 462 g/mol. The van der Waals surface area contributed by atoms with E-state index >= 15 is 0 Å². The number of benzene rings is 2. The van der Waals surface area contributed by atoms with Gasteiger partial charge in [0.15, 0.2) is 0 Å². The van der Waals surface area contributed by atoms with Crippen molar-refractivity contribution in [3.63, 3.8) is 0 Å². The smallest absolute Gasteiger partial charge is 0.331 e. The highest BCUT2D eigenvalue weighted by Gasteiger charge is 2.33. The van der Waals surface area contributed by atoms with Gasteiger partial charge in [-0.2, -0.15) is 0 Å². The summed E-state index contributed by atoms with van der Waals surface area (Å²) in [5, 5.41) is 10.1. The topological polar surface area (TPSA) is 95.6 Å². The number of nitrogens with zero attached hydrogens (tertiary/aromatic N) is 2. The summed E-state index contributed by atoms with van der Waals surface area (Å²) in [4.78, 5) is 33.6. The number of amides is 3. The van der Waals surface area contributed by atoms with Gasteiger partial charge in [-0.3, -0.25) is 9.69 Å². The number of ether oxygens (including phenoxy) is 1. The minimum atomic E-state index is -0.325.